The average molecular weight is 393 g/mol. The Bertz CT molecular complexity index is 883. The van der Waals surface area contributed by atoms with E-state index in [1.807, 2.05) is 0 Å². The number of fused-ring (bicyclic) bond motifs is 3. The second-order valence-corrected chi connectivity index (χ2v) is 9.23. The molecule has 3 N–H and O–H groups in total. The van der Waals surface area contributed by atoms with Crippen molar-refractivity contribution >= 4 is 38.5 Å². The van der Waals surface area contributed by atoms with Crippen LogP contribution >= 0.6 is 23.1 Å². The number of nitrogens with zero attached hydrogens (tertiary/aromatic N) is 2. The molecule has 0 saturated carbocycles. The summed E-state index contributed by atoms with van der Waals surface area (Å²) in [4.78, 5) is 26.8. The van der Waals surface area contributed by atoms with Crippen molar-refractivity contribution in [3.05, 3.63) is 26.6 Å². The predicted octanol–water partition coefficient (Wildman–Crippen LogP) is 2.84. The van der Waals surface area contributed by atoms with Gasteiger partial charge >= 0.3 is 0 Å². The van der Waals surface area contributed by atoms with Gasteiger partial charge in [-0.2, -0.15) is 0 Å². The summed E-state index contributed by atoms with van der Waals surface area (Å²) in [5.41, 5.74) is 7.18. The van der Waals surface area contributed by atoms with Crippen molar-refractivity contribution in [2.75, 3.05) is 13.2 Å². The topological polar surface area (TPSA) is 93.4 Å². The van der Waals surface area contributed by atoms with Gasteiger partial charge in [-0.1, -0.05) is 18.7 Å². The molecule has 8 heteroatoms. The Labute approximate surface area is 160 Å². The minimum atomic E-state index is -0.0208. The third-order valence-corrected chi connectivity index (χ3v) is 7.04. The van der Waals surface area contributed by atoms with Crippen LogP contribution in [0.5, 0.6) is 0 Å². The van der Waals surface area contributed by atoms with Gasteiger partial charge in [0.1, 0.15) is 10.7 Å². The second-order valence-electron chi connectivity index (χ2n) is 7.15. The Hall–Kier alpha value is -1.38. The molecule has 26 heavy (non-hydrogen) atoms. The van der Waals surface area contributed by atoms with E-state index in [0.717, 1.165) is 48.9 Å². The molecule has 2 atom stereocenters. The van der Waals surface area contributed by atoms with Gasteiger partial charge < -0.3 is 15.5 Å². The summed E-state index contributed by atoms with van der Waals surface area (Å²) in [6, 6.07) is 0. The number of amidine groups is 1. The minimum Gasteiger partial charge on any atom is -0.379 e. The highest BCUT2D eigenvalue weighted by Gasteiger charge is 2.23. The van der Waals surface area contributed by atoms with Crippen LogP contribution in [-0.2, 0) is 23.3 Å². The molecule has 0 unspecified atom stereocenters. The van der Waals surface area contributed by atoms with Gasteiger partial charge in [-0.25, -0.2) is 4.98 Å². The first-order valence-electron chi connectivity index (χ1n) is 9.18. The summed E-state index contributed by atoms with van der Waals surface area (Å²) in [6.45, 7) is 3.70. The molecule has 0 bridgehead atoms. The fourth-order valence-electron chi connectivity index (χ4n) is 3.63. The third-order valence-electron chi connectivity index (χ3n) is 5.05. The number of thioether (sulfide) groups is 1. The number of aliphatic imine (C=N–C) groups is 1. The van der Waals surface area contributed by atoms with Crippen LogP contribution in [0.1, 0.15) is 42.5 Å². The molecule has 2 aromatic heterocycles. The molecular weight excluding hydrogens is 368 g/mol. The summed E-state index contributed by atoms with van der Waals surface area (Å²) in [6.07, 6.45) is 5.54. The monoisotopic (exact) mass is 392 g/mol. The van der Waals surface area contributed by atoms with Crippen LogP contribution in [0.3, 0.4) is 0 Å². The summed E-state index contributed by atoms with van der Waals surface area (Å²) < 4.78 is 5.55. The number of ether oxygens (including phenoxy) is 1. The van der Waals surface area contributed by atoms with E-state index in [2.05, 4.69) is 21.9 Å². The van der Waals surface area contributed by atoms with E-state index in [4.69, 9.17) is 10.5 Å². The van der Waals surface area contributed by atoms with Crippen LogP contribution in [0.15, 0.2) is 9.79 Å². The standard InChI is InChI=1S/C18H24N4O2S2/c1-10-4-5-12-13(7-10)26-17-15(12)16(23)21-14(22-17)9-25-18(19)20-8-11-3-2-6-24-11/h10-11H,2-9H2,1H3,(H2,19,20)(H,21,22,23)/t10-,11+/m0/s1. The number of nitrogens with two attached hydrogens (primary N) is 1. The number of aromatic nitrogens is 2. The molecule has 0 radical (unpaired) electrons. The largest absolute Gasteiger partial charge is 0.379 e. The van der Waals surface area contributed by atoms with Gasteiger partial charge in [-0.3, -0.25) is 9.79 Å². The predicted molar refractivity (Wildman–Crippen MR) is 108 cm³/mol. The molecule has 0 aromatic carbocycles. The van der Waals surface area contributed by atoms with E-state index < -0.39 is 0 Å². The number of hydrogen-bond donors (Lipinski definition) is 2. The zero-order valence-electron chi connectivity index (χ0n) is 14.9. The van der Waals surface area contributed by atoms with Crippen LogP contribution < -0.4 is 11.3 Å². The van der Waals surface area contributed by atoms with Crippen LogP contribution in [-0.4, -0.2) is 34.4 Å². The van der Waals surface area contributed by atoms with Crippen molar-refractivity contribution in [1.29, 1.82) is 0 Å². The molecule has 140 valence electrons. The van der Waals surface area contributed by atoms with Crippen molar-refractivity contribution in [2.24, 2.45) is 16.6 Å². The Morgan fingerprint density at radius 2 is 2.38 bits per heavy atom. The van der Waals surface area contributed by atoms with E-state index in [-0.39, 0.29) is 11.7 Å². The Balaban J connectivity index is 1.47. The zero-order chi connectivity index (χ0) is 18.1. The van der Waals surface area contributed by atoms with Crippen LogP contribution in [0, 0.1) is 5.92 Å². The SMILES string of the molecule is C[C@H]1CCc2c(sc3nc(CSC(N)=NC[C@H]4CCCO4)[nH]c(=O)c23)C1. The molecule has 1 saturated heterocycles. The molecule has 6 nitrogen and oxygen atoms in total. The lowest BCUT2D eigenvalue weighted by Gasteiger charge is -2.17. The molecule has 4 rings (SSSR count). The number of aromatic amines is 1. The molecule has 1 aliphatic carbocycles. The normalized spacial score (nSPS) is 23.5. The van der Waals surface area contributed by atoms with E-state index in [1.54, 1.807) is 11.3 Å². The molecule has 0 spiro atoms. The van der Waals surface area contributed by atoms with E-state index >= 15 is 0 Å². The summed E-state index contributed by atoms with van der Waals surface area (Å²) >= 11 is 3.08. The maximum atomic E-state index is 12.6. The zero-order valence-corrected chi connectivity index (χ0v) is 16.5. The fourth-order valence-corrected chi connectivity index (χ4v) is 5.62. The maximum Gasteiger partial charge on any atom is 0.259 e. The van der Waals surface area contributed by atoms with Gasteiger partial charge in [-0.05, 0) is 43.6 Å². The smallest absolute Gasteiger partial charge is 0.259 e. The lowest BCUT2D eigenvalue weighted by molar-refractivity contribution is 0.118. The number of nitrogens with one attached hydrogen (secondary N) is 1. The quantitative estimate of drug-likeness (QED) is 0.616. The fraction of sp³-hybridized carbons (Fsp3) is 0.611. The van der Waals surface area contributed by atoms with Gasteiger partial charge in [0.25, 0.3) is 5.56 Å². The molecule has 0 amide bonds. The number of rotatable bonds is 4. The van der Waals surface area contributed by atoms with Crippen molar-refractivity contribution < 1.29 is 4.74 Å². The van der Waals surface area contributed by atoms with Gasteiger partial charge in [0.05, 0.1) is 23.8 Å². The molecule has 1 fully saturated rings. The summed E-state index contributed by atoms with van der Waals surface area (Å²) in [5.74, 6) is 1.87. The Kier molecular flexibility index (Phi) is 5.33. The molecule has 2 aliphatic rings. The second kappa shape index (κ2) is 7.70. The first kappa shape index (κ1) is 18.0. The highest BCUT2D eigenvalue weighted by atomic mass is 32.2. The van der Waals surface area contributed by atoms with E-state index in [1.165, 1.54) is 22.2 Å². The molecule has 3 heterocycles. The molecular formula is C18H24N4O2S2. The lowest BCUT2D eigenvalue weighted by atomic mass is 9.89. The minimum absolute atomic E-state index is 0.0208. The highest BCUT2D eigenvalue weighted by Crippen LogP contribution is 2.35. The van der Waals surface area contributed by atoms with Crippen LogP contribution in [0.2, 0.25) is 0 Å². The van der Waals surface area contributed by atoms with E-state index in [0.29, 0.717) is 29.2 Å². The van der Waals surface area contributed by atoms with Crippen LogP contribution in [0.4, 0.5) is 0 Å². The first-order valence-corrected chi connectivity index (χ1v) is 11.0. The first-order chi connectivity index (χ1) is 12.6. The van der Waals surface area contributed by atoms with E-state index in [9.17, 15) is 4.79 Å². The molecule has 1 aliphatic heterocycles. The lowest BCUT2D eigenvalue weighted by Crippen LogP contribution is -2.16. The third kappa shape index (κ3) is 3.82. The van der Waals surface area contributed by atoms with Crippen molar-refractivity contribution in [1.82, 2.24) is 9.97 Å². The summed E-state index contributed by atoms with van der Waals surface area (Å²) in [7, 11) is 0. The maximum absolute atomic E-state index is 12.6. The Morgan fingerprint density at radius 1 is 1.50 bits per heavy atom. The number of aryl methyl sites for hydroxylation is 1. The van der Waals surface area contributed by atoms with Gasteiger partial charge in [0.15, 0.2) is 5.17 Å². The average Bonchev–Trinajstić information content (AvgIpc) is 3.24. The number of H-pyrrole nitrogens is 1. The number of thiophene rings is 1. The summed E-state index contributed by atoms with van der Waals surface area (Å²) in [5, 5.41) is 1.31. The van der Waals surface area contributed by atoms with Crippen molar-refractivity contribution in [3.63, 3.8) is 0 Å². The van der Waals surface area contributed by atoms with Crippen LogP contribution in [0.25, 0.3) is 10.2 Å². The van der Waals surface area contributed by atoms with Gasteiger partial charge in [0.2, 0.25) is 0 Å². The molecule has 2 aromatic rings. The Morgan fingerprint density at radius 3 is 3.19 bits per heavy atom. The number of hydrogen-bond acceptors (Lipinski definition) is 6. The van der Waals surface area contributed by atoms with Crippen molar-refractivity contribution in [3.8, 4) is 0 Å². The van der Waals surface area contributed by atoms with Gasteiger partial charge in [0, 0.05) is 11.5 Å². The van der Waals surface area contributed by atoms with Crippen molar-refractivity contribution in [2.45, 2.75) is 50.9 Å². The van der Waals surface area contributed by atoms with Gasteiger partial charge in [-0.15, -0.1) is 11.3 Å². The highest BCUT2D eigenvalue weighted by molar-refractivity contribution is 8.13.